The maximum absolute atomic E-state index is 5.40. The van der Waals surface area contributed by atoms with Gasteiger partial charge in [-0.05, 0) is 20.8 Å². The highest BCUT2D eigenvalue weighted by atomic mass is 16.5. The van der Waals surface area contributed by atoms with Gasteiger partial charge in [-0.25, -0.2) is 0 Å². The van der Waals surface area contributed by atoms with Crippen molar-refractivity contribution in [2.45, 2.75) is 33.0 Å². The van der Waals surface area contributed by atoms with Crippen molar-refractivity contribution in [3.63, 3.8) is 0 Å². The second kappa shape index (κ2) is 8.08. The molecule has 0 amide bonds. The predicted molar refractivity (Wildman–Crippen MR) is 52.7 cm³/mol. The standard InChI is InChI=1S/C10H20O3/c1-5-11-8-10(4)13-7-6-12-9(2)3/h5,9-10H,1,6-8H2,2-4H3. The molecule has 0 aromatic rings. The lowest BCUT2D eigenvalue weighted by molar-refractivity contribution is -0.0257. The summed E-state index contributed by atoms with van der Waals surface area (Å²) in [6.07, 6.45) is 1.78. The summed E-state index contributed by atoms with van der Waals surface area (Å²) in [6.45, 7) is 11.2. The van der Waals surface area contributed by atoms with Crippen LogP contribution in [0.4, 0.5) is 0 Å². The zero-order valence-corrected chi connectivity index (χ0v) is 8.79. The van der Waals surface area contributed by atoms with E-state index in [1.54, 1.807) is 0 Å². The monoisotopic (exact) mass is 188 g/mol. The van der Waals surface area contributed by atoms with Gasteiger partial charge in [0.05, 0.1) is 31.7 Å². The minimum absolute atomic E-state index is 0.0914. The minimum atomic E-state index is 0.0914. The van der Waals surface area contributed by atoms with E-state index in [2.05, 4.69) is 6.58 Å². The van der Waals surface area contributed by atoms with E-state index < -0.39 is 0 Å². The molecular formula is C10H20O3. The molecule has 0 aliphatic heterocycles. The molecule has 78 valence electrons. The summed E-state index contributed by atoms with van der Waals surface area (Å²) >= 11 is 0. The summed E-state index contributed by atoms with van der Waals surface area (Å²) in [6, 6.07) is 0. The topological polar surface area (TPSA) is 27.7 Å². The zero-order chi connectivity index (χ0) is 10.1. The molecule has 0 saturated heterocycles. The zero-order valence-electron chi connectivity index (χ0n) is 8.79. The van der Waals surface area contributed by atoms with Crippen molar-refractivity contribution in [3.8, 4) is 0 Å². The van der Waals surface area contributed by atoms with Crippen molar-refractivity contribution < 1.29 is 14.2 Å². The average molecular weight is 188 g/mol. The minimum Gasteiger partial charge on any atom is -0.499 e. The molecule has 3 heteroatoms. The first kappa shape index (κ1) is 12.5. The van der Waals surface area contributed by atoms with E-state index in [4.69, 9.17) is 14.2 Å². The Kier molecular flexibility index (Phi) is 7.74. The highest BCUT2D eigenvalue weighted by molar-refractivity contribution is 4.53. The molecule has 0 saturated carbocycles. The fourth-order valence-electron chi connectivity index (χ4n) is 0.785. The Morgan fingerprint density at radius 3 is 2.31 bits per heavy atom. The molecule has 0 aromatic heterocycles. The summed E-state index contributed by atoms with van der Waals surface area (Å²) in [7, 11) is 0. The Morgan fingerprint density at radius 2 is 1.77 bits per heavy atom. The summed E-state index contributed by atoms with van der Waals surface area (Å²) < 4.78 is 15.7. The summed E-state index contributed by atoms with van der Waals surface area (Å²) in [5.74, 6) is 0. The maximum atomic E-state index is 5.40. The van der Waals surface area contributed by atoms with Crippen LogP contribution in [0.25, 0.3) is 0 Å². The molecule has 13 heavy (non-hydrogen) atoms. The van der Waals surface area contributed by atoms with Crippen molar-refractivity contribution in [2.75, 3.05) is 19.8 Å². The highest BCUT2D eigenvalue weighted by Crippen LogP contribution is 1.93. The van der Waals surface area contributed by atoms with Gasteiger partial charge in [-0.1, -0.05) is 6.58 Å². The molecule has 0 spiro atoms. The van der Waals surface area contributed by atoms with Crippen molar-refractivity contribution in [1.82, 2.24) is 0 Å². The SMILES string of the molecule is C=COCC(C)OCCOC(C)C. The molecule has 0 aliphatic rings. The summed E-state index contributed by atoms with van der Waals surface area (Å²) in [5, 5.41) is 0. The van der Waals surface area contributed by atoms with Gasteiger partial charge in [-0.2, -0.15) is 0 Å². The molecule has 0 aliphatic carbocycles. The molecule has 0 aromatic carbocycles. The molecule has 3 nitrogen and oxygen atoms in total. The van der Waals surface area contributed by atoms with Crippen LogP contribution in [-0.2, 0) is 14.2 Å². The van der Waals surface area contributed by atoms with E-state index in [-0.39, 0.29) is 12.2 Å². The van der Waals surface area contributed by atoms with Gasteiger partial charge in [0.2, 0.25) is 0 Å². The van der Waals surface area contributed by atoms with E-state index in [0.29, 0.717) is 19.8 Å². The van der Waals surface area contributed by atoms with Crippen LogP contribution in [0.15, 0.2) is 12.8 Å². The Bertz CT molecular complexity index is 123. The Balaban J connectivity index is 3.16. The van der Waals surface area contributed by atoms with Gasteiger partial charge >= 0.3 is 0 Å². The number of rotatable bonds is 8. The van der Waals surface area contributed by atoms with Crippen molar-refractivity contribution >= 4 is 0 Å². The normalized spacial score (nSPS) is 12.9. The predicted octanol–water partition coefficient (Wildman–Crippen LogP) is 1.98. The van der Waals surface area contributed by atoms with Crippen LogP contribution in [0, 0.1) is 0 Å². The van der Waals surface area contributed by atoms with Crippen LogP contribution in [0.1, 0.15) is 20.8 Å². The van der Waals surface area contributed by atoms with Crippen LogP contribution in [0.3, 0.4) is 0 Å². The second-order valence-corrected chi connectivity index (χ2v) is 3.10. The van der Waals surface area contributed by atoms with Crippen LogP contribution in [0.2, 0.25) is 0 Å². The van der Waals surface area contributed by atoms with Gasteiger partial charge in [0.1, 0.15) is 6.61 Å². The first-order valence-electron chi connectivity index (χ1n) is 4.62. The molecule has 0 heterocycles. The third kappa shape index (κ3) is 9.37. The smallest absolute Gasteiger partial charge is 0.113 e. The largest absolute Gasteiger partial charge is 0.499 e. The number of hydrogen-bond donors (Lipinski definition) is 0. The molecule has 1 atom stereocenters. The van der Waals surface area contributed by atoms with Crippen LogP contribution in [-0.4, -0.2) is 32.0 Å². The highest BCUT2D eigenvalue weighted by Gasteiger charge is 2.01. The fraction of sp³-hybridized carbons (Fsp3) is 0.800. The van der Waals surface area contributed by atoms with Crippen LogP contribution >= 0.6 is 0 Å². The Morgan fingerprint density at radius 1 is 1.15 bits per heavy atom. The lowest BCUT2D eigenvalue weighted by Gasteiger charge is -2.13. The lowest BCUT2D eigenvalue weighted by Crippen LogP contribution is -2.18. The van der Waals surface area contributed by atoms with Gasteiger partial charge in [-0.3, -0.25) is 0 Å². The van der Waals surface area contributed by atoms with Gasteiger partial charge in [-0.15, -0.1) is 0 Å². The molecular weight excluding hydrogens is 168 g/mol. The van der Waals surface area contributed by atoms with Gasteiger partial charge in [0.15, 0.2) is 0 Å². The van der Waals surface area contributed by atoms with Gasteiger partial charge in [0, 0.05) is 0 Å². The van der Waals surface area contributed by atoms with Crippen LogP contribution in [0.5, 0.6) is 0 Å². The molecule has 0 fully saturated rings. The fourth-order valence-corrected chi connectivity index (χ4v) is 0.785. The van der Waals surface area contributed by atoms with E-state index >= 15 is 0 Å². The van der Waals surface area contributed by atoms with Gasteiger partial charge < -0.3 is 14.2 Å². The third-order valence-corrected chi connectivity index (χ3v) is 1.39. The molecule has 0 bridgehead atoms. The van der Waals surface area contributed by atoms with E-state index in [1.807, 2.05) is 20.8 Å². The number of hydrogen-bond acceptors (Lipinski definition) is 3. The first-order valence-corrected chi connectivity index (χ1v) is 4.62. The quantitative estimate of drug-likeness (QED) is 0.430. The van der Waals surface area contributed by atoms with Crippen molar-refractivity contribution in [1.29, 1.82) is 0 Å². The second-order valence-electron chi connectivity index (χ2n) is 3.10. The first-order chi connectivity index (χ1) is 6.16. The summed E-state index contributed by atoms with van der Waals surface area (Å²) in [5.41, 5.74) is 0. The lowest BCUT2D eigenvalue weighted by atomic mass is 10.4. The molecule has 1 unspecified atom stereocenters. The third-order valence-electron chi connectivity index (χ3n) is 1.39. The van der Waals surface area contributed by atoms with Crippen molar-refractivity contribution in [3.05, 3.63) is 12.8 Å². The average Bonchev–Trinajstić information content (AvgIpc) is 2.08. The Labute approximate surface area is 80.7 Å². The van der Waals surface area contributed by atoms with Crippen molar-refractivity contribution in [2.24, 2.45) is 0 Å². The van der Waals surface area contributed by atoms with Crippen LogP contribution < -0.4 is 0 Å². The molecule has 0 radical (unpaired) electrons. The van der Waals surface area contributed by atoms with E-state index in [9.17, 15) is 0 Å². The molecule has 0 N–H and O–H groups in total. The maximum Gasteiger partial charge on any atom is 0.113 e. The Hall–Kier alpha value is -0.540. The molecule has 0 rings (SSSR count). The number of ether oxygens (including phenoxy) is 3. The van der Waals surface area contributed by atoms with E-state index in [1.165, 1.54) is 6.26 Å². The van der Waals surface area contributed by atoms with Gasteiger partial charge in [0.25, 0.3) is 0 Å². The van der Waals surface area contributed by atoms with E-state index in [0.717, 1.165) is 0 Å². The summed E-state index contributed by atoms with van der Waals surface area (Å²) in [4.78, 5) is 0.